The van der Waals surface area contributed by atoms with E-state index in [9.17, 15) is 15.0 Å². The summed E-state index contributed by atoms with van der Waals surface area (Å²) < 4.78 is 7.49. The smallest absolute Gasteiger partial charge is 0.293 e. The molecule has 2 N–H and O–H groups in total. The molecule has 3 rings (SSSR count). The first-order valence-electron chi connectivity index (χ1n) is 6.61. The van der Waals surface area contributed by atoms with Crippen molar-refractivity contribution in [1.82, 2.24) is 4.57 Å². The molecule has 1 aromatic carbocycles. The maximum atomic E-state index is 10.5. The molecule has 0 bridgehead atoms. The lowest BCUT2D eigenvalue weighted by Gasteiger charge is -2.20. The second kappa shape index (κ2) is 5.59. The molecule has 1 aromatic heterocycles. The van der Waals surface area contributed by atoms with Gasteiger partial charge < -0.3 is 14.9 Å². The Morgan fingerprint density at radius 2 is 1.86 bits per heavy atom. The number of halogens is 1. The van der Waals surface area contributed by atoms with E-state index in [1.807, 2.05) is 24.3 Å². The second-order valence-corrected chi connectivity index (χ2v) is 6.26. The molecule has 0 saturated heterocycles. The van der Waals surface area contributed by atoms with Gasteiger partial charge in [-0.25, -0.2) is 0 Å². The quantitative estimate of drug-likeness (QED) is 0.615. The lowest BCUT2D eigenvalue weighted by Crippen LogP contribution is -2.21. The Morgan fingerprint density at radius 1 is 1.19 bits per heavy atom. The average molecular weight is 399 g/mol. The van der Waals surface area contributed by atoms with Gasteiger partial charge in [0.25, 0.3) is 6.47 Å². The van der Waals surface area contributed by atoms with Gasteiger partial charge in [-0.2, -0.15) is 0 Å². The highest BCUT2D eigenvalue weighted by atomic mass is 127. The lowest BCUT2D eigenvalue weighted by atomic mass is 9.92. The molecule has 1 atom stereocenters. The van der Waals surface area contributed by atoms with Gasteiger partial charge in [0.1, 0.15) is 6.10 Å². The predicted molar refractivity (Wildman–Crippen MR) is 84.8 cm³/mol. The fourth-order valence-corrected chi connectivity index (χ4v) is 3.14. The second-order valence-electron chi connectivity index (χ2n) is 5.01. The van der Waals surface area contributed by atoms with Crippen LogP contribution in [0.25, 0.3) is 5.69 Å². The number of hydrogen-bond acceptors (Lipinski definition) is 4. The summed E-state index contributed by atoms with van der Waals surface area (Å²) in [4.78, 5) is 10.5. The van der Waals surface area contributed by atoms with Gasteiger partial charge in [-0.3, -0.25) is 9.36 Å². The number of carbonyl (C=O) groups is 1. The van der Waals surface area contributed by atoms with Gasteiger partial charge in [0, 0.05) is 21.1 Å². The van der Waals surface area contributed by atoms with E-state index >= 15 is 0 Å². The number of ether oxygens (including phenoxy) is 1. The van der Waals surface area contributed by atoms with E-state index in [1.54, 1.807) is 0 Å². The maximum Gasteiger partial charge on any atom is 0.293 e. The van der Waals surface area contributed by atoms with E-state index in [2.05, 4.69) is 22.6 Å². The fourth-order valence-electron chi connectivity index (χ4n) is 2.78. The Morgan fingerprint density at radius 3 is 2.52 bits per heavy atom. The molecule has 21 heavy (non-hydrogen) atoms. The van der Waals surface area contributed by atoms with Crippen LogP contribution in [0, 0.1) is 3.57 Å². The SMILES string of the molecule is O=COC1CCc2c(c(O)n(-c3ccc(I)cc3)c2O)C1. The molecule has 0 amide bonds. The molecule has 0 radical (unpaired) electrons. The van der Waals surface area contributed by atoms with Crippen molar-refractivity contribution >= 4 is 29.1 Å². The molecular formula is C15H14INO4. The molecule has 1 unspecified atom stereocenters. The van der Waals surface area contributed by atoms with Crippen LogP contribution in [0.15, 0.2) is 24.3 Å². The van der Waals surface area contributed by atoms with Crippen molar-refractivity contribution in [3.05, 3.63) is 39.0 Å². The van der Waals surface area contributed by atoms with Crippen LogP contribution in [0.4, 0.5) is 0 Å². The van der Waals surface area contributed by atoms with E-state index in [0.717, 1.165) is 9.13 Å². The van der Waals surface area contributed by atoms with Crippen LogP contribution in [-0.4, -0.2) is 27.4 Å². The first kappa shape index (κ1) is 14.2. The topological polar surface area (TPSA) is 71.7 Å². The maximum absolute atomic E-state index is 10.5. The summed E-state index contributed by atoms with van der Waals surface area (Å²) >= 11 is 2.20. The fraction of sp³-hybridized carbons (Fsp3) is 0.267. The van der Waals surface area contributed by atoms with E-state index in [1.165, 1.54) is 4.57 Å². The first-order valence-corrected chi connectivity index (χ1v) is 7.69. The summed E-state index contributed by atoms with van der Waals surface area (Å²) in [6.07, 6.45) is 1.40. The van der Waals surface area contributed by atoms with Crippen LogP contribution in [0.3, 0.4) is 0 Å². The largest absolute Gasteiger partial charge is 0.494 e. The number of nitrogens with zero attached hydrogens (tertiary/aromatic N) is 1. The van der Waals surface area contributed by atoms with Crippen molar-refractivity contribution in [3.63, 3.8) is 0 Å². The van der Waals surface area contributed by atoms with Crippen molar-refractivity contribution in [3.8, 4) is 17.4 Å². The van der Waals surface area contributed by atoms with Crippen LogP contribution in [0.5, 0.6) is 11.8 Å². The Balaban J connectivity index is 2.04. The summed E-state index contributed by atoms with van der Waals surface area (Å²) in [5, 5.41) is 20.8. The average Bonchev–Trinajstić information content (AvgIpc) is 2.72. The van der Waals surface area contributed by atoms with Crippen LogP contribution >= 0.6 is 22.6 Å². The molecule has 2 aromatic rings. The normalized spacial score (nSPS) is 17.3. The Kier molecular flexibility index (Phi) is 3.79. The van der Waals surface area contributed by atoms with Crippen LogP contribution in [-0.2, 0) is 22.4 Å². The zero-order valence-electron chi connectivity index (χ0n) is 11.1. The van der Waals surface area contributed by atoms with Crippen molar-refractivity contribution in [2.75, 3.05) is 0 Å². The minimum Gasteiger partial charge on any atom is -0.494 e. The zero-order valence-corrected chi connectivity index (χ0v) is 13.3. The van der Waals surface area contributed by atoms with Gasteiger partial charge in [-0.15, -0.1) is 0 Å². The molecule has 0 aliphatic heterocycles. The Labute approximate surface area is 135 Å². The molecule has 1 heterocycles. The van der Waals surface area contributed by atoms with Crippen LogP contribution in [0.2, 0.25) is 0 Å². The van der Waals surface area contributed by atoms with Gasteiger partial charge in [0.05, 0.1) is 5.69 Å². The highest BCUT2D eigenvalue weighted by molar-refractivity contribution is 14.1. The van der Waals surface area contributed by atoms with Crippen molar-refractivity contribution < 1.29 is 19.7 Å². The molecule has 0 fully saturated rings. The van der Waals surface area contributed by atoms with E-state index in [-0.39, 0.29) is 17.9 Å². The number of carbonyl (C=O) groups excluding carboxylic acids is 1. The molecule has 110 valence electrons. The minimum atomic E-state index is -0.243. The zero-order chi connectivity index (χ0) is 15.0. The lowest BCUT2D eigenvalue weighted by molar-refractivity contribution is -0.134. The van der Waals surface area contributed by atoms with Gasteiger partial charge in [-0.1, -0.05) is 0 Å². The number of fused-ring (bicyclic) bond motifs is 1. The Hall–Kier alpha value is -1.70. The van der Waals surface area contributed by atoms with Gasteiger partial charge in [-0.05, 0) is 59.7 Å². The molecule has 6 heteroatoms. The monoisotopic (exact) mass is 399 g/mol. The number of hydrogen-bond donors (Lipinski definition) is 2. The standard InChI is InChI=1S/C15H14INO4/c16-9-1-3-10(4-2-9)17-14(19)12-6-5-11(21-8-18)7-13(12)15(17)20/h1-4,8,11,19-20H,5-7H2. The van der Waals surface area contributed by atoms with Gasteiger partial charge in [0.2, 0.25) is 11.8 Å². The van der Waals surface area contributed by atoms with Crippen LogP contribution in [0.1, 0.15) is 17.5 Å². The predicted octanol–water partition coefficient (Wildman–Crippen LogP) is 2.52. The first-order chi connectivity index (χ1) is 10.1. The van der Waals surface area contributed by atoms with E-state index < -0.39 is 0 Å². The summed E-state index contributed by atoms with van der Waals surface area (Å²) in [7, 11) is 0. The van der Waals surface area contributed by atoms with Crippen molar-refractivity contribution in [1.29, 1.82) is 0 Å². The highest BCUT2D eigenvalue weighted by Crippen LogP contribution is 2.41. The summed E-state index contributed by atoms with van der Waals surface area (Å²) in [6, 6.07) is 7.50. The number of aromatic hydroxyl groups is 2. The third kappa shape index (κ3) is 2.48. The van der Waals surface area contributed by atoms with Crippen molar-refractivity contribution in [2.45, 2.75) is 25.4 Å². The van der Waals surface area contributed by atoms with Gasteiger partial charge >= 0.3 is 0 Å². The summed E-state index contributed by atoms with van der Waals surface area (Å²) in [5.41, 5.74) is 2.09. The number of aromatic nitrogens is 1. The third-order valence-electron chi connectivity index (χ3n) is 3.81. The third-order valence-corrected chi connectivity index (χ3v) is 4.53. The molecule has 0 saturated carbocycles. The molecule has 1 aliphatic rings. The highest BCUT2D eigenvalue weighted by Gasteiger charge is 2.30. The molecular weight excluding hydrogens is 385 g/mol. The number of benzene rings is 1. The Bertz CT molecular complexity index is 678. The molecule has 1 aliphatic carbocycles. The van der Waals surface area contributed by atoms with E-state index in [0.29, 0.717) is 37.0 Å². The summed E-state index contributed by atoms with van der Waals surface area (Å²) in [5.74, 6) is 0.0798. The van der Waals surface area contributed by atoms with Crippen molar-refractivity contribution in [2.24, 2.45) is 0 Å². The van der Waals surface area contributed by atoms with Gasteiger partial charge in [0.15, 0.2) is 0 Å². The molecule has 5 nitrogen and oxygen atoms in total. The molecule has 0 spiro atoms. The minimum absolute atomic E-state index is 0.0166. The summed E-state index contributed by atoms with van der Waals surface area (Å²) in [6.45, 7) is 0.433. The number of rotatable bonds is 3. The van der Waals surface area contributed by atoms with Crippen LogP contribution < -0.4 is 0 Å². The van der Waals surface area contributed by atoms with E-state index in [4.69, 9.17) is 4.74 Å².